The van der Waals surface area contributed by atoms with E-state index in [1.54, 1.807) is 0 Å². The summed E-state index contributed by atoms with van der Waals surface area (Å²) in [4.78, 5) is 32.2. The van der Waals surface area contributed by atoms with E-state index in [4.69, 9.17) is 5.11 Å². The van der Waals surface area contributed by atoms with Gasteiger partial charge in [-0.25, -0.2) is 0 Å². The molecule has 0 bridgehead atoms. The first kappa shape index (κ1) is 14.7. The summed E-state index contributed by atoms with van der Waals surface area (Å²) in [7, 11) is 0. The van der Waals surface area contributed by atoms with Gasteiger partial charge in [0, 0.05) is 12.3 Å². The third kappa shape index (κ3) is 9.28. The summed E-state index contributed by atoms with van der Waals surface area (Å²) in [5.41, 5.74) is 0. The molecule has 0 rings (SSSR count). The molecule has 0 aromatic carbocycles. The first-order valence-corrected chi connectivity index (χ1v) is 5.26. The summed E-state index contributed by atoms with van der Waals surface area (Å²) in [6.45, 7) is -0.109. The number of thiol groups is 1. The molecule has 0 saturated carbocycles. The first-order valence-electron chi connectivity index (χ1n) is 4.63. The van der Waals surface area contributed by atoms with Crippen molar-refractivity contribution < 1.29 is 19.5 Å². The van der Waals surface area contributed by atoms with Gasteiger partial charge in [-0.2, -0.15) is 12.6 Å². The molecule has 0 fully saturated rings. The van der Waals surface area contributed by atoms with Crippen LogP contribution in [0.1, 0.15) is 0 Å². The highest BCUT2D eigenvalue weighted by Gasteiger charge is 2.05. The molecule has 92 valence electrons. The van der Waals surface area contributed by atoms with Crippen LogP contribution in [0.2, 0.25) is 0 Å². The van der Waals surface area contributed by atoms with Gasteiger partial charge in [0.25, 0.3) is 0 Å². The minimum absolute atomic E-state index is 0.124. The molecule has 0 spiro atoms. The zero-order valence-electron chi connectivity index (χ0n) is 8.65. The zero-order valence-corrected chi connectivity index (χ0v) is 9.55. The second-order valence-electron chi connectivity index (χ2n) is 2.85. The maximum Gasteiger partial charge on any atom is 0.317 e. The SMILES string of the molecule is O=C(O)CNCC(=O)NCC(=O)NCCS. The molecule has 0 saturated heterocycles. The molecule has 0 aliphatic carbocycles. The Kier molecular flexibility index (Phi) is 8.26. The van der Waals surface area contributed by atoms with Crippen LogP contribution in [-0.4, -0.2) is 54.8 Å². The minimum atomic E-state index is -1.04. The second-order valence-corrected chi connectivity index (χ2v) is 3.29. The van der Waals surface area contributed by atoms with Crippen molar-refractivity contribution in [3.05, 3.63) is 0 Å². The number of carbonyl (C=O) groups is 3. The standard InChI is InChI=1S/C8H15N3O4S/c12-6(3-9-5-8(14)15)11-4-7(13)10-1-2-16/h9,16H,1-5H2,(H,10,13)(H,11,12)(H,14,15). The van der Waals surface area contributed by atoms with Gasteiger partial charge in [-0.05, 0) is 0 Å². The molecule has 0 aliphatic heterocycles. The van der Waals surface area contributed by atoms with Gasteiger partial charge < -0.3 is 15.7 Å². The second kappa shape index (κ2) is 8.98. The first-order chi connectivity index (χ1) is 7.56. The molecule has 0 atom stereocenters. The maximum absolute atomic E-state index is 11.0. The fourth-order valence-electron chi connectivity index (χ4n) is 0.782. The van der Waals surface area contributed by atoms with Gasteiger partial charge in [0.1, 0.15) is 0 Å². The van der Waals surface area contributed by atoms with Crippen LogP contribution < -0.4 is 16.0 Å². The number of aliphatic carboxylic acids is 1. The quantitative estimate of drug-likeness (QED) is 0.314. The van der Waals surface area contributed by atoms with E-state index in [1.165, 1.54) is 0 Å². The van der Waals surface area contributed by atoms with Crippen LogP contribution in [0.3, 0.4) is 0 Å². The number of carbonyl (C=O) groups excluding carboxylic acids is 2. The van der Waals surface area contributed by atoms with Crippen LogP contribution in [0.4, 0.5) is 0 Å². The lowest BCUT2D eigenvalue weighted by Gasteiger charge is -2.05. The zero-order chi connectivity index (χ0) is 12.4. The number of carboxylic acid groups (broad SMARTS) is 1. The van der Waals surface area contributed by atoms with Gasteiger partial charge in [-0.3, -0.25) is 19.7 Å². The average molecular weight is 249 g/mol. The monoisotopic (exact) mass is 249 g/mol. The van der Waals surface area contributed by atoms with Gasteiger partial charge in [-0.15, -0.1) is 0 Å². The average Bonchev–Trinajstić information content (AvgIpc) is 2.23. The Hall–Kier alpha value is -1.28. The third-order valence-electron chi connectivity index (χ3n) is 1.44. The van der Waals surface area contributed by atoms with Crippen molar-refractivity contribution in [1.82, 2.24) is 16.0 Å². The van der Waals surface area contributed by atoms with Gasteiger partial charge in [-0.1, -0.05) is 0 Å². The third-order valence-corrected chi connectivity index (χ3v) is 1.67. The minimum Gasteiger partial charge on any atom is -0.480 e. The summed E-state index contributed by atoms with van der Waals surface area (Å²) >= 11 is 3.90. The molecular weight excluding hydrogens is 234 g/mol. The van der Waals surface area contributed by atoms with E-state index in [-0.39, 0.29) is 25.5 Å². The van der Waals surface area contributed by atoms with E-state index in [0.717, 1.165) is 0 Å². The lowest BCUT2D eigenvalue weighted by Crippen LogP contribution is -2.41. The molecule has 7 nitrogen and oxygen atoms in total. The van der Waals surface area contributed by atoms with Gasteiger partial charge >= 0.3 is 5.97 Å². The molecule has 0 radical (unpaired) electrons. The molecule has 2 amide bonds. The predicted molar refractivity (Wildman–Crippen MR) is 60.4 cm³/mol. The van der Waals surface area contributed by atoms with Crippen LogP contribution in [0.25, 0.3) is 0 Å². The number of hydrogen-bond acceptors (Lipinski definition) is 5. The van der Waals surface area contributed by atoms with Crippen molar-refractivity contribution >= 4 is 30.4 Å². The molecule has 0 aromatic heterocycles. The molecule has 0 heterocycles. The Morgan fingerprint density at radius 1 is 1.00 bits per heavy atom. The summed E-state index contributed by atoms with van der Waals surface area (Å²) in [6.07, 6.45) is 0. The molecular formula is C8H15N3O4S. The van der Waals surface area contributed by atoms with Crippen molar-refractivity contribution in [2.24, 2.45) is 0 Å². The molecule has 16 heavy (non-hydrogen) atoms. The highest BCUT2D eigenvalue weighted by molar-refractivity contribution is 7.80. The van der Waals surface area contributed by atoms with Crippen molar-refractivity contribution in [3.8, 4) is 0 Å². The Morgan fingerprint density at radius 2 is 1.62 bits per heavy atom. The van der Waals surface area contributed by atoms with Crippen LogP contribution in [-0.2, 0) is 14.4 Å². The lowest BCUT2D eigenvalue weighted by atomic mass is 10.5. The van der Waals surface area contributed by atoms with E-state index in [9.17, 15) is 14.4 Å². The molecule has 0 aromatic rings. The Labute approximate surface area is 98.4 Å². The number of nitrogens with one attached hydrogen (secondary N) is 3. The molecule has 0 unspecified atom stereocenters. The van der Waals surface area contributed by atoms with E-state index in [1.807, 2.05) is 0 Å². The lowest BCUT2D eigenvalue weighted by molar-refractivity contribution is -0.136. The van der Waals surface area contributed by atoms with Crippen LogP contribution in [0.15, 0.2) is 0 Å². The fraction of sp³-hybridized carbons (Fsp3) is 0.625. The normalized spacial score (nSPS) is 9.56. The smallest absolute Gasteiger partial charge is 0.317 e. The largest absolute Gasteiger partial charge is 0.480 e. The van der Waals surface area contributed by atoms with Crippen molar-refractivity contribution in [2.45, 2.75) is 0 Å². The summed E-state index contributed by atoms with van der Waals surface area (Å²) in [6, 6.07) is 0. The number of amides is 2. The van der Waals surface area contributed by atoms with Crippen LogP contribution in [0, 0.1) is 0 Å². The van der Waals surface area contributed by atoms with Crippen molar-refractivity contribution in [1.29, 1.82) is 0 Å². The molecule has 0 aliphatic rings. The topological polar surface area (TPSA) is 108 Å². The van der Waals surface area contributed by atoms with Gasteiger partial charge in [0.15, 0.2) is 0 Å². The van der Waals surface area contributed by atoms with E-state index in [0.29, 0.717) is 12.3 Å². The van der Waals surface area contributed by atoms with E-state index >= 15 is 0 Å². The van der Waals surface area contributed by atoms with Gasteiger partial charge in [0.05, 0.1) is 19.6 Å². The molecule has 8 heteroatoms. The Balaban J connectivity index is 3.49. The Morgan fingerprint density at radius 3 is 2.19 bits per heavy atom. The highest BCUT2D eigenvalue weighted by atomic mass is 32.1. The number of carboxylic acids is 1. The van der Waals surface area contributed by atoms with Crippen molar-refractivity contribution in [2.75, 3.05) is 31.9 Å². The Bertz CT molecular complexity index is 260. The summed E-state index contributed by atoms with van der Waals surface area (Å²) in [5, 5.41) is 15.5. The van der Waals surface area contributed by atoms with Crippen LogP contribution in [0.5, 0.6) is 0 Å². The number of rotatable bonds is 8. The highest BCUT2D eigenvalue weighted by Crippen LogP contribution is 1.71. The maximum atomic E-state index is 11.0. The number of hydrogen-bond donors (Lipinski definition) is 5. The molecule has 4 N–H and O–H groups in total. The van der Waals surface area contributed by atoms with Crippen LogP contribution >= 0.6 is 12.6 Å². The fourth-order valence-corrected chi connectivity index (χ4v) is 0.894. The predicted octanol–water partition coefficient (Wildman–Crippen LogP) is -2.18. The van der Waals surface area contributed by atoms with E-state index < -0.39 is 11.9 Å². The van der Waals surface area contributed by atoms with Gasteiger partial charge in [0.2, 0.25) is 11.8 Å². The van der Waals surface area contributed by atoms with E-state index in [2.05, 4.69) is 28.6 Å². The summed E-state index contributed by atoms with van der Waals surface area (Å²) < 4.78 is 0. The van der Waals surface area contributed by atoms with Crippen molar-refractivity contribution in [3.63, 3.8) is 0 Å². The summed E-state index contributed by atoms with van der Waals surface area (Å²) in [5.74, 6) is -1.25.